The maximum absolute atomic E-state index is 12.3. The second-order valence-corrected chi connectivity index (χ2v) is 9.23. The van der Waals surface area contributed by atoms with Gasteiger partial charge in [0.05, 0.1) is 0 Å². The molecule has 2 aromatic carbocycles. The first kappa shape index (κ1) is 26.5. The molecule has 7 heteroatoms. The molecule has 0 saturated heterocycles. The Morgan fingerprint density at radius 2 is 1.21 bits per heavy atom. The number of allylic oxidation sites excluding steroid dienone is 1. The number of phenols is 5. The van der Waals surface area contributed by atoms with Gasteiger partial charge in [0.25, 0.3) is 0 Å². The smallest absolute Gasteiger partial charge is 0.208 e. The number of rotatable bonds is 14. The molecule has 0 saturated carbocycles. The van der Waals surface area contributed by atoms with E-state index in [1.807, 2.05) is 24.3 Å². The highest BCUT2D eigenvalue weighted by molar-refractivity contribution is 7.99. The van der Waals surface area contributed by atoms with Gasteiger partial charge in [-0.25, -0.2) is 0 Å². The van der Waals surface area contributed by atoms with E-state index in [1.165, 1.54) is 63.9 Å². The first-order valence-electron chi connectivity index (χ1n) is 11.5. The van der Waals surface area contributed by atoms with Crippen LogP contribution in [0.3, 0.4) is 0 Å². The molecule has 0 amide bonds. The molecule has 0 fully saturated rings. The molecule has 180 valence electrons. The first-order chi connectivity index (χ1) is 15.9. The van der Waals surface area contributed by atoms with Crippen molar-refractivity contribution in [3.05, 3.63) is 41.5 Å². The number of hydrogen-bond acceptors (Lipinski definition) is 7. The van der Waals surface area contributed by atoms with Gasteiger partial charge in [-0.2, -0.15) is 0 Å². The molecule has 0 aliphatic carbocycles. The van der Waals surface area contributed by atoms with Gasteiger partial charge in [-0.05, 0) is 35.9 Å². The summed E-state index contributed by atoms with van der Waals surface area (Å²) < 4.78 is 0. The highest BCUT2D eigenvalue weighted by Crippen LogP contribution is 2.50. The molecule has 0 heterocycles. The van der Waals surface area contributed by atoms with E-state index in [-0.39, 0.29) is 0 Å². The third-order valence-corrected chi connectivity index (χ3v) is 6.54. The van der Waals surface area contributed by atoms with Crippen molar-refractivity contribution < 1.29 is 30.3 Å². The van der Waals surface area contributed by atoms with Crippen molar-refractivity contribution in [2.24, 2.45) is 0 Å². The van der Waals surface area contributed by atoms with E-state index >= 15 is 0 Å². The molecule has 0 bridgehead atoms. The van der Waals surface area contributed by atoms with Crippen molar-refractivity contribution in [1.82, 2.24) is 0 Å². The Balaban J connectivity index is 1.79. The number of ketones is 1. The van der Waals surface area contributed by atoms with Gasteiger partial charge in [0, 0.05) is 4.90 Å². The fourth-order valence-electron chi connectivity index (χ4n) is 3.45. The topological polar surface area (TPSA) is 118 Å². The summed E-state index contributed by atoms with van der Waals surface area (Å²) >= 11 is 1.80. The molecule has 0 aliphatic heterocycles. The summed E-state index contributed by atoms with van der Waals surface area (Å²) in [5.41, 5.74) is 0.0501. The van der Waals surface area contributed by atoms with E-state index in [9.17, 15) is 30.3 Å². The van der Waals surface area contributed by atoms with Crippen LogP contribution in [0.5, 0.6) is 28.7 Å². The van der Waals surface area contributed by atoms with Crippen LogP contribution in [-0.4, -0.2) is 37.1 Å². The van der Waals surface area contributed by atoms with Crippen LogP contribution in [0.1, 0.15) is 80.6 Å². The number of hydrogen-bond donors (Lipinski definition) is 5. The van der Waals surface area contributed by atoms with E-state index in [0.717, 1.165) is 22.3 Å². The van der Waals surface area contributed by atoms with Crippen LogP contribution >= 0.6 is 11.8 Å². The van der Waals surface area contributed by atoms with Crippen molar-refractivity contribution in [1.29, 1.82) is 0 Å². The number of thioether (sulfide) groups is 1. The number of aromatic hydroxyl groups is 5. The molecular formula is C26H34O6S. The molecule has 0 radical (unpaired) electrons. The summed E-state index contributed by atoms with van der Waals surface area (Å²) in [6, 6.07) is 7.65. The van der Waals surface area contributed by atoms with Crippen LogP contribution in [-0.2, 0) is 0 Å². The minimum atomic E-state index is -1.10. The predicted octanol–water partition coefficient (Wildman–Crippen LogP) is 6.73. The minimum Gasteiger partial charge on any atom is -0.504 e. The zero-order chi connectivity index (χ0) is 24.2. The molecule has 0 unspecified atom stereocenters. The average molecular weight is 475 g/mol. The third kappa shape index (κ3) is 7.93. The minimum absolute atomic E-state index is 0.688. The zero-order valence-electron chi connectivity index (χ0n) is 19.1. The van der Waals surface area contributed by atoms with Gasteiger partial charge in [-0.15, -0.1) is 11.8 Å². The standard InChI is InChI=1S/C26H34O6S/c1-2-3-4-5-6-7-8-9-10-17-33-19-14-11-18(12-15-19)13-16-20(27)21-22(28)24(30)26(32)25(31)23(21)29/h11-16,28-32H,2-10,17H2,1H3. The fourth-order valence-corrected chi connectivity index (χ4v) is 4.36. The number of carbonyl (C=O) groups excluding carboxylic acids is 1. The highest BCUT2D eigenvalue weighted by Gasteiger charge is 2.26. The van der Waals surface area contributed by atoms with E-state index in [0.29, 0.717) is 0 Å². The molecule has 33 heavy (non-hydrogen) atoms. The van der Waals surface area contributed by atoms with Crippen LogP contribution in [0.2, 0.25) is 0 Å². The van der Waals surface area contributed by atoms with Crippen molar-refractivity contribution >= 4 is 23.6 Å². The molecule has 2 rings (SSSR count). The predicted molar refractivity (Wildman–Crippen MR) is 133 cm³/mol. The molecule has 0 aromatic heterocycles. The van der Waals surface area contributed by atoms with Gasteiger partial charge in [0.1, 0.15) is 5.56 Å². The summed E-state index contributed by atoms with van der Waals surface area (Å²) in [5.74, 6) is -5.01. The largest absolute Gasteiger partial charge is 0.504 e. The Morgan fingerprint density at radius 1 is 0.727 bits per heavy atom. The van der Waals surface area contributed by atoms with Crippen molar-refractivity contribution in [3.63, 3.8) is 0 Å². The van der Waals surface area contributed by atoms with Crippen LogP contribution < -0.4 is 0 Å². The summed E-state index contributed by atoms with van der Waals surface area (Å²) in [4.78, 5) is 13.5. The van der Waals surface area contributed by atoms with Crippen molar-refractivity contribution in [2.45, 2.75) is 69.6 Å². The lowest BCUT2D eigenvalue weighted by Crippen LogP contribution is -1.97. The molecule has 5 N–H and O–H groups in total. The van der Waals surface area contributed by atoms with E-state index in [1.54, 1.807) is 11.8 Å². The monoisotopic (exact) mass is 474 g/mol. The number of phenolic OH excluding ortho intramolecular Hbond substituents is 5. The Hall–Kier alpha value is -2.80. The highest BCUT2D eigenvalue weighted by atomic mass is 32.2. The van der Waals surface area contributed by atoms with Gasteiger partial charge in [-0.1, -0.05) is 76.5 Å². The van der Waals surface area contributed by atoms with E-state index < -0.39 is 40.1 Å². The lowest BCUT2D eigenvalue weighted by Gasteiger charge is -2.10. The molecule has 6 nitrogen and oxygen atoms in total. The fraction of sp³-hybridized carbons (Fsp3) is 0.423. The summed E-state index contributed by atoms with van der Waals surface area (Å²) in [6.07, 6.45) is 14.4. The second-order valence-electron chi connectivity index (χ2n) is 8.06. The quantitative estimate of drug-likeness (QED) is 0.0514. The second kappa shape index (κ2) is 13.7. The normalized spacial score (nSPS) is 11.3. The number of benzene rings is 2. The zero-order valence-corrected chi connectivity index (χ0v) is 19.9. The van der Waals surface area contributed by atoms with Gasteiger partial charge in [-0.3, -0.25) is 4.79 Å². The summed E-state index contributed by atoms with van der Waals surface area (Å²) in [7, 11) is 0. The van der Waals surface area contributed by atoms with Gasteiger partial charge in [0.2, 0.25) is 17.2 Å². The van der Waals surface area contributed by atoms with Crippen LogP contribution in [0.4, 0.5) is 0 Å². The number of carbonyl (C=O) groups is 1. The van der Waals surface area contributed by atoms with E-state index in [4.69, 9.17) is 0 Å². The summed E-state index contributed by atoms with van der Waals surface area (Å²) in [6.45, 7) is 2.24. The Morgan fingerprint density at radius 3 is 1.76 bits per heavy atom. The van der Waals surface area contributed by atoms with Crippen LogP contribution in [0.25, 0.3) is 6.08 Å². The molecule has 0 atom stereocenters. The van der Waals surface area contributed by atoms with Crippen molar-refractivity contribution in [2.75, 3.05) is 5.75 Å². The maximum Gasteiger partial charge on any atom is 0.208 e. The van der Waals surface area contributed by atoms with Crippen LogP contribution in [0, 0.1) is 0 Å². The van der Waals surface area contributed by atoms with Crippen molar-refractivity contribution in [3.8, 4) is 28.7 Å². The first-order valence-corrected chi connectivity index (χ1v) is 12.5. The Labute approximate surface area is 199 Å². The van der Waals surface area contributed by atoms with E-state index in [2.05, 4.69) is 6.92 Å². The molecule has 2 aromatic rings. The SMILES string of the molecule is CCCCCCCCCCCSc1ccc(C=CC(=O)c2c(O)c(O)c(O)c(O)c2O)cc1. The van der Waals surface area contributed by atoms with Gasteiger partial charge >= 0.3 is 0 Å². The third-order valence-electron chi connectivity index (χ3n) is 5.44. The summed E-state index contributed by atoms with van der Waals surface area (Å²) in [5, 5.41) is 48.3. The van der Waals surface area contributed by atoms with Crippen LogP contribution in [0.15, 0.2) is 35.2 Å². The number of unbranched alkanes of at least 4 members (excludes halogenated alkanes) is 8. The van der Waals surface area contributed by atoms with Gasteiger partial charge < -0.3 is 25.5 Å². The Bertz CT molecular complexity index is 908. The molecule has 0 aliphatic rings. The molecular weight excluding hydrogens is 440 g/mol. The lowest BCUT2D eigenvalue weighted by atomic mass is 10.0. The molecule has 0 spiro atoms. The lowest BCUT2D eigenvalue weighted by molar-refractivity contribution is 0.104. The Kier molecular flexibility index (Phi) is 11.0. The maximum atomic E-state index is 12.3. The van der Waals surface area contributed by atoms with Gasteiger partial charge in [0.15, 0.2) is 17.3 Å². The average Bonchev–Trinajstić information content (AvgIpc) is 2.82.